The topological polar surface area (TPSA) is 30.5 Å². The van der Waals surface area contributed by atoms with Crippen LogP contribution in [0.3, 0.4) is 0 Å². The van der Waals surface area contributed by atoms with E-state index in [9.17, 15) is 0 Å². The van der Waals surface area contributed by atoms with E-state index in [4.69, 9.17) is 9.57 Å². The van der Waals surface area contributed by atoms with E-state index >= 15 is 0 Å². The Morgan fingerprint density at radius 1 is 1.42 bits per heavy atom. The van der Waals surface area contributed by atoms with E-state index in [0.29, 0.717) is 0 Å². The first kappa shape index (κ1) is 14.4. The highest BCUT2D eigenvalue weighted by Gasteiger charge is 2.24. The average molecular weight is 263 g/mol. The molecule has 3 nitrogen and oxygen atoms in total. The van der Waals surface area contributed by atoms with Crippen molar-refractivity contribution < 1.29 is 9.57 Å². The third-order valence-corrected chi connectivity index (χ3v) is 4.21. The molecule has 1 aliphatic rings. The minimum absolute atomic E-state index is 0.193. The fourth-order valence-electron chi connectivity index (χ4n) is 2.47. The van der Waals surface area contributed by atoms with Gasteiger partial charge in [0.1, 0.15) is 5.75 Å². The van der Waals surface area contributed by atoms with Gasteiger partial charge in [0.2, 0.25) is 0 Å². The van der Waals surface area contributed by atoms with Crippen LogP contribution in [0.4, 0.5) is 0 Å². The molecule has 19 heavy (non-hydrogen) atoms. The van der Waals surface area contributed by atoms with E-state index in [1.165, 1.54) is 11.1 Å². The molecule has 0 saturated heterocycles. The second kappa shape index (κ2) is 5.93. The van der Waals surface area contributed by atoms with Gasteiger partial charge in [0.05, 0.1) is 19.8 Å². The smallest absolute Gasteiger partial charge is 0.124 e. The molecule has 0 spiro atoms. The Balaban J connectivity index is 2.39. The summed E-state index contributed by atoms with van der Waals surface area (Å²) in [7, 11) is 1.67. The van der Waals surface area contributed by atoms with Gasteiger partial charge in [0.25, 0.3) is 0 Å². The number of nitrogens with one attached hydrogen (secondary N) is 1. The molecule has 1 heterocycles. The lowest BCUT2D eigenvalue weighted by Crippen LogP contribution is -2.21. The van der Waals surface area contributed by atoms with Crippen LogP contribution in [0, 0.1) is 0 Å². The van der Waals surface area contributed by atoms with Crippen LogP contribution in [0.15, 0.2) is 18.2 Å². The predicted octanol–water partition coefficient (Wildman–Crippen LogP) is 3.74. The van der Waals surface area contributed by atoms with Crippen LogP contribution in [0.2, 0.25) is 0 Å². The average Bonchev–Trinajstić information content (AvgIpc) is 2.61. The van der Waals surface area contributed by atoms with E-state index in [0.717, 1.165) is 31.6 Å². The van der Waals surface area contributed by atoms with Gasteiger partial charge in [-0.05, 0) is 42.4 Å². The first-order chi connectivity index (χ1) is 9.08. The van der Waals surface area contributed by atoms with Crippen LogP contribution in [0.25, 0.3) is 0 Å². The standard InChI is InChI=1S/C16H25NO2/c1-5-16(2,3)12-8-9-15-13(11-12)14(17-18-4)7-6-10-19-15/h8-9,11,14,17H,5-7,10H2,1-4H3. The monoisotopic (exact) mass is 263 g/mol. The molecule has 2 rings (SSSR count). The van der Waals surface area contributed by atoms with Crippen molar-refractivity contribution in [1.29, 1.82) is 0 Å². The summed E-state index contributed by atoms with van der Waals surface area (Å²) in [5.74, 6) is 0.989. The molecule has 1 aliphatic heterocycles. The van der Waals surface area contributed by atoms with Crippen LogP contribution < -0.4 is 10.2 Å². The fourth-order valence-corrected chi connectivity index (χ4v) is 2.47. The van der Waals surface area contributed by atoms with Crippen molar-refractivity contribution in [2.45, 2.75) is 51.5 Å². The van der Waals surface area contributed by atoms with Gasteiger partial charge in [-0.25, -0.2) is 0 Å². The maximum absolute atomic E-state index is 5.83. The van der Waals surface area contributed by atoms with Gasteiger partial charge in [-0.15, -0.1) is 0 Å². The molecule has 0 saturated carbocycles. The summed E-state index contributed by atoms with van der Waals surface area (Å²) in [5.41, 5.74) is 5.87. The zero-order valence-electron chi connectivity index (χ0n) is 12.5. The third kappa shape index (κ3) is 3.10. The molecule has 0 amide bonds. The largest absolute Gasteiger partial charge is 0.493 e. The zero-order valence-corrected chi connectivity index (χ0v) is 12.5. The van der Waals surface area contributed by atoms with Crippen molar-refractivity contribution in [3.8, 4) is 5.75 Å². The quantitative estimate of drug-likeness (QED) is 0.839. The van der Waals surface area contributed by atoms with Crippen molar-refractivity contribution in [3.63, 3.8) is 0 Å². The summed E-state index contributed by atoms with van der Waals surface area (Å²) < 4.78 is 5.83. The summed E-state index contributed by atoms with van der Waals surface area (Å²) in [6, 6.07) is 6.80. The number of benzene rings is 1. The summed E-state index contributed by atoms with van der Waals surface area (Å²) >= 11 is 0. The van der Waals surface area contributed by atoms with E-state index in [1.807, 2.05) is 0 Å². The Morgan fingerprint density at radius 3 is 2.89 bits per heavy atom. The maximum Gasteiger partial charge on any atom is 0.124 e. The molecule has 0 aliphatic carbocycles. The van der Waals surface area contributed by atoms with Crippen LogP contribution in [-0.2, 0) is 10.3 Å². The van der Waals surface area contributed by atoms with E-state index < -0.39 is 0 Å². The summed E-state index contributed by atoms with van der Waals surface area (Å²) in [4.78, 5) is 5.14. The van der Waals surface area contributed by atoms with Gasteiger partial charge in [-0.2, -0.15) is 5.48 Å². The second-order valence-corrected chi connectivity index (χ2v) is 5.86. The fraction of sp³-hybridized carbons (Fsp3) is 0.625. The van der Waals surface area contributed by atoms with Crippen LogP contribution in [-0.4, -0.2) is 13.7 Å². The minimum atomic E-state index is 0.193. The van der Waals surface area contributed by atoms with E-state index in [1.54, 1.807) is 7.11 Å². The molecule has 0 radical (unpaired) electrons. The molecule has 1 unspecified atom stereocenters. The Bertz CT molecular complexity index is 429. The molecule has 0 fully saturated rings. The summed E-state index contributed by atoms with van der Waals surface area (Å²) in [6.07, 6.45) is 3.20. The van der Waals surface area contributed by atoms with Gasteiger partial charge in [-0.1, -0.05) is 26.8 Å². The van der Waals surface area contributed by atoms with Gasteiger partial charge >= 0.3 is 0 Å². The lowest BCUT2D eigenvalue weighted by atomic mass is 9.81. The molecule has 3 heteroatoms. The Morgan fingerprint density at radius 2 is 2.21 bits per heavy atom. The first-order valence-corrected chi connectivity index (χ1v) is 7.14. The van der Waals surface area contributed by atoms with Crippen molar-refractivity contribution in [2.75, 3.05) is 13.7 Å². The molecule has 0 aromatic heterocycles. The number of ether oxygens (including phenoxy) is 1. The number of hydrogen-bond donors (Lipinski definition) is 1. The molecular weight excluding hydrogens is 238 g/mol. The Labute approximate surface area is 116 Å². The zero-order chi connectivity index (χ0) is 13.9. The summed E-state index contributed by atoms with van der Waals surface area (Å²) in [5, 5.41) is 0. The van der Waals surface area contributed by atoms with Gasteiger partial charge < -0.3 is 9.57 Å². The van der Waals surface area contributed by atoms with E-state index in [2.05, 4.69) is 44.5 Å². The van der Waals surface area contributed by atoms with E-state index in [-0.39, 0.29) is 11.5 Å². The van der Waals surface area contributed by atoms with Gasteiger partial charge in [0, 0.05) is 5.56 Å². The normalized spacial score (nSPS) is 19.5. The van der Waals surface area contributed by atoms with Crippen molar-refractivity contribution in [1.82, 2.24) is 5.48 Å². The molecule has 1 aromatic rings. The number of fused-ring (bicyclic) bond motifs is 1. The second-order valence-electron chi connectivity index (χ2n) is 5.86. The molecule has 1 aromatic carbocycles. The molecule has 1 atom stereocenters. The Hall–Kier alpha value is -1.06. The van der Waals surface area contributed by atoms with Crippen molar-refractivity contribution >= 4 is 0 Å². The van der Waals surface area contributed by atoms with Crippen LogP contribution in [0.5, 0.6) is 5.75 Å². The SMILES string of the molecule is CCC(C)(C)c1ccc2c(c1)C(NOC)CCCO2. The number of rotatable bonds is 4. The minimum Gasteiger partial charge on any atom is -0.493 e. The number of hydroxylamine groups is 1. The Kier molecular flexibility index (Phi) is 4.48. The summed E-state index contributed by atoms with van der Waals surface area (Å²) in [6.45, 7) is 7.58. The first-order valence-electron chi connectivity index (χ1n) is 7.14. The van der Waals surface area contributed by atoms with Crippen LogP contribution >= 0.6 is 0 Å². The molecule has 0 bridgehead atoms. The molecular formula is C16H25NO2. The van der Waals surface area contributed by atoms with Gasteiger partial charge in [-0.3, -0.25) is 0 Å². The van der Waals surface area contributed by atoms with Crippen LogP contribution in [0.1, 0.15) is 57.2 Å². The van der Waals surface area contributed by atoms with Crippen molar-refractivity contribution in [3.05, 3.63) is 29.3 Å². The highest BCUT2D eigenvalue weighted by molar-refractivity contribution is 5.42. The lowest BCUT2D eigenvalue weighted by molar-refractivity contribution is 0.0579. The van der Waals surface area contributed by atoms with Crippen molar-refractivity contribution in [2.24, 2.45) is 0 Å². The number of hydrogen-bond acceptors (Lipinski definition) is 3. The molecule has 106 valence electrons. The molecule has 1 N–H and O–H groups in total. The predicted molar refractivity (Wildman–Crippen MR) is 77.4 cm³/mol. The highest BCUT2D eigenvalue weighted by atomic mass is 16.6. The highest BCUT2D eigenvalue weighted by Crippen LogP contribution is 2.36. The maximum atomic E-state index is 5.83. The van der Waals surface area contributed by atoms with Gasteiger partial charge in [0.15, 0.2) is 0 Å². The third-order valence-electron chi connectivity index (χ3n) is 4.21. The lowest BCUT2D eigenvalue weighted by Gasteiger charge is -2.26.